The van der Waals surface area contributed by atoms with Crippen LogP contribution in [-0.4, -0.2) is 63.0 Å². The topological polar surface area (TPSA) is 79.0 Å². The van der Waals surface area contributed by atoms with E-state index in [9.17, 15) is 13.2 Å². The van der Waals surface area contributed by atoms with E-state index < -0.39 is 10.0 Å². The first kappa shape index (κ1) is 22.6. The second kappa shape index (κ2) is 9.50. The van der Waals surface area contributed by atoms with Crippen molar-refractivity contribution in [2.45, 2.75) is 49.6 Å². The quantitative estimate of drug-likeness (QED) is 0.655. The van der Waals surface area contributed by atoms with Crippen molar-refractivity contribution in [3.63, 3.8) is 0 Å². The van der Waals surface area contributed by atoms with Crippen LogP contribution >= 0.6 is 0 Å². The molecule has 8 heteroatoms. The van der Waals surface area contributed by atoms with Crippen LogP contribution in [0.25, 0.3) is 0 Å². The van der Waals surface area contributed by atoms with E-state index in [0.29, 0.717) is 17.0 Å². The molecular formula is C24H31N3O4S. The Morgan fingerprint density at radius 3 is 2.41 bits per heavy atom. The van der Waals surface area contributed by atoms with E-state index in [1.165, 1.54) is 19.2 Å². The molecule has 1 amide bonds. The third-order valence-electron chi connectivity index (χ3n) is 6.32. The fourth-order valence-electron chi connectivity index (χ4n) is 4.37. The number of hydrogen-bond donors (Lipinski definition) is 1. The van der Waals surface area contributed by atoms with Gasteiger partial charge in [0.1, 0.15) is 5.75 Å². The Hall–Kier alpha value is -2.58. The summed E-state index contributed by atoms with van der Waals surface area (Å²) in [6, 6.07) is 13.7. The summed E-state index contributed by atoms with van der Waals surface area (Å²) in [5, 5.41) is 0. The zero-order valence-corrected chi connectivity index (χ0v) is 19.5. The number of amides is 1. The van der Waals surface area contributed by atoms with E-state index in [-0.39, 0.29) is 22.9 Å². The van der Waals surface area contributed by atoms with Crippen molar-refractivity contribution in [1.29, 1.82) is 0 Å². The molecule has 1 aliphatic heterocycles. The smallest absolute Gasteiger partial charge is 0.262 e. The largest absolute Gasteiger partial charge is 0.495 e. The van der Waals surface area contributed by atoms with Crippen molar-refractivity contribution in [3.05, 3.63) is 54.1 Å². The first-order valence-corrected chi connectivity index (χ1v) is 12.7. The number of hydrogen-bond acceptors (Lipinski definition) is 5. The highest BCUT2D eigenvalue weighted by molar-refractivity contribution is 7.92. The molecule has 0 aromatic heterocycles. The highest BCUT2D eigenvalue weighted by Crippen LogP contribution is 2.34. The van der Waals surface area contributed by atoms with E-state index >= 15 is 0 Å². The minimum atomic E-state index is -3.88. The van der Waals surface area contributed by atoms with E-state index in [4.69, 9.17) is 4.74 Å². The minimum absolute atomic E-state index is 0.0609. The second-order valence-electron chi connectivity index (χ2n) is 8.44. The van der Waals surface area contributed by atoms with Gasteiger partial charge in [-0.15, -0.1) is 0 Å². The predicted molar refractivity (Wildman–Crippen MR) is 125 cm³/mol. The Bertz CT molecular complexity index is 1060. The number of rotatable bonds is 8. The molecule has 1 heterocycles. The van der Waals surface area contributed by atoms with Gasteiger partial charge in [-0.3, -0.25) is 9.52 Å². The van der Waals surface area contributed by atoms with Crippen molar-refractivity contribution in [3.8, 4) is 5.75 Å². The van der Waals surface area contributed by atoms with Gasteiger partial charge >= 0.3 is 0 Å². The lowest BCUT2D eigenvalue weighted by Gasteiger charge is -2.38. The summed E-state index contributed by atoms with van der Waals surface area (Å²) in [5.41, 5.74) is 0.770. The lowest BCUT2D eigenvalue weighted by atomic mass is 10.0. The number of nitrogens with one attached hydrogen (secondary N) is 1. The van der Waals surface area contributed by atoms with Gasteiger partial charge in [0.25, 0.3) is 15.9 Å². The van der Waals surface area contributed by atoms with Gasteiger partial charge in [-0.05, 0) is 62.6 Å². The molecule has 1 saturated carbocycles. The van der Waals surface area contributed by atoms with Crippen LogP contribution in [0.2, 0.25) is 0 Å². The molecule has 4 rings (SSSR count). The van der Waals surface area contributed by atoms with Crippen molar-refractivity contribution in [2.75, 3.05) is 31.5 Å². The molecule has 7 nitrogen and oxygen atoms in total. The van der Waals surface area contributed by atoms with E-state index in [0.717, 1.165) is 45.3 Å². The summed E-state index contributed by atoms with van der Waals surface area (Å²) in [6.07, 6.45) is 3.97. The molecule has 1 aliphatic carbocycles. The molecule has 0 radical (unpaired) electrons. The van der Waals surface area contributed by atoms with Crippen molar-refractivity contribution in [1.82, 2.24) is 9.80 Å². The highest BCUT2D eigenvalue weighted by Gasteiger charge is 2.39. The molecule has 2 aromatic rings. The van der Waals surface area contributed by atoms with Gasteiger partial charge in [0, 0.05) is 30.7 Å². The number of likely N-dealkylation sites (tertiary alicyclic amines) is 1. The average molecular weight is 458 g/mol. The lowest BCUT2D eigenvalue weighted by molar-refractivity contribution is 0.0554. The van der Waals surface area contributed by atoms with Crippen molar-refractivity contribution < 1.29 is 17.9 Å². The lowest BCUT2D eigenvalue weighted by Crippen LogP contribution is -2.48. The summed E-state index contributed by atoms with van der Waals surface area (Å²) in [5.74, 6) is 0.360. The molecule has 32 heavy (non-hydrogen) atoms. The molecule has 2 aromatic carbocycles. The van der Waals surface area contributed by atoms with Crippen LogP contribution in [0.4, 0.5) is 5.69 Å². The Morgan fingerprint density at radius 1 is 1.06 bits per heavy atom. The molecule has 0 unspecified atom stereocenters. The van der Waals surface area contributed by atoms with Gasteiger partial charge in [-0.2, -0.15) is 0 Å². The highest BCUT2D eigenvalue weighted by atomic mass is 32.2. The van der Waals surface area contributed by atoms with Gasteiger partial charge in [-0.1, -0.05) is 25.1 Å². The average Bonchev–Trinajstić information content (AvgIpc) is 3.65. The maximum Gasteiger partial charge on any atom is 0.262 e. The number of nitrogens with zero attached hydrogens (tertiary/aromatic N) is 2. The molecular weight excluding hydrogens is 426 g/mol. The van der Waals surface area contributed by atoms with Crippen LogP contribution in [-0.2, 0) is 10.0 Å². The molecule has 172 valence electrons. The molecule has 0 bridgehead atoms. The second-order valence-corrected chi connectivity index (χ2v) is 10.1. The molecule has 1 saturated heterocycles. The van der Waals surface area contributed by atoms with Crippen molar-refractivity contribution in [2.24, 2.45) is 0 Å². The maximum atomic E-state index is 13.5. The fraction of sp³-hybridized carbons (Fsp3) is 0.458. The standard InChI is InChI=1S/C24H31N3O4S/c1-3-26-15-13-20(14-16-26)27(19-11-12-19)24(28)18-7-6-8-21(17-18)32(29,30)25-22-9-4-5-10-23(22)31-2/h4-10,17,19-20,25H,3,11-16H2,1-2H3. The summed E-state index contributed by atoms with van der Waals surface area (Å²) in [6.45, 7) is 5.18. The Kier molecular flexibility index (Phi) is 6.71. The van der Waals surface area contributed by atoms with Gasteiger partial charge in [0.05, 0.1) is 17.7 Å². The third-order valence-corrected chi connectivity index (χ3v) is 7.68. The molecule has 0 atom stereocenters. The van der Waals surface area contributed by atoms with E-state index in [1.807, 2.05) is 4.90 Å². The number of para-hydroxylation sites is 2. The predicted octanol–water partition coefficient (Wildman–Crippen LogP) is 3.58. The van der Waals surface area contributed by atoms with Crippen LogP contribution in [0.5, 0.6) is 5.75 Å². The van der Waals surface area contributed by atoms with E-state index in [2.05, 4.69) is 16.5 Å². The molecule has 0 spiro atoms. The molecule has 2 aliphatic rings. The minimum Gasteiger partial charge on any atom is -0.495 e. The third kappa shape index (κ3) is 4.91. The number of sulfonamides is 1. The van der Waals surface area contributed by atoms with Crippen LogP contribution in [0.3, 0.4) is 0 Å². The first-order valence-electron chi connectivity index (χ1n) is 11.2. The van der Waals surface area contributed by atoms with Gasteiger partial charge in [0.15, 0.2) is 0 Å². The summed E-state index contributed by atoms with van der Waals surface area (Å²) >= 11 is 0. The van der Waals surface area contributed by atoms with E-state index in [1.54, 1.807) is 36.4 Å². The summed E-state index contributed by atoms with van der Waals surface area (Å²) < 4.78 is 33.9. The van der Waals surface area contributed by atoms with Crippen LogP contribution in [0, 0.1) is 0 Å². The molecule has 1 N–H and O–H groups in total. The number of piperidine rings is 1. The first-order chi connectivity index (χ1) is 15.4. The van der Waals surface area contributed by atoms with Crippen LogP contribution in [0.15, 0.2) is 53.4 Å². The van der Waals surface area contributed by atoms with Gasteiger partial charge < -0.3 is 14.5 Å². The zero-order valence-electron chi connectivity index (χ0n) is 18.7. The Balaban J connectivity index is 1.55. The normalized spacial score (nSPS) is 17.7. The fourth-order valence-corrected chi connectivity index (χ4v) is 5.49. The number of methoxy groups -OCH3 is 1. The molecule has 2 fully saturated rings. The SMILES string of the molecule is CCN1CCC(N(C(=O)c2cccc(S(=O)(=O)Nc3ccccc3OC)c2)C2CC2)CC1. The van der Waals surface area contributed by atoms with Crippen molar-refractivity contribution >= 4 is 21.6 Å². The van der Waals surface area contributed by atoms with Gasteiger partial charge in [-0.25, -0.2) is 8.42 Å². The van der Waals surface area contributed by atoms with Gasteiger partial charge in [0.2, 0.25) is 0 Å². The number of anilines is 1. The zero-order chi connectivity index (χ0) is 22.7. The summed E-state index contributed by atoms with van der Waals surface area (Å²) in [7, 11) is -2.39. The number of benzene rings is 2. The van der Waals surface area contributed by atoms with Crippen LogP contribution in [0.1, 0.15) is 43.0 Å². The summed E-state index contributed by atoms with van der Waals surface area (Å²) in [4.78, 5) is 18.0. The number of ether oxygens (including phenoxy) is 1. The maximum absolute atomic E-state index is 13.5. The van der Waals surface area contributed by atoms with Crippen LogP contribution < -0.4 is 9.46 Å². The Morgan fingerprint density at radius 2 is 1.75 bits per heavy atom. The Labute approximate surface area is 190 Å². The monoisotopic (exact) mass is 457 g/mol. The number of carbonyl (C=O) groups is 1. The number of carbonyl (C=O) groups excluding carboxylic acids is 1.